The molecule has 0 amide bonds. The van der Waals surface area contributed by atoms with E-state index in [0.717, 1.165) is 0 Å². The number of halogens is 3. The molecule has 0 aliphatic rings. The molecule has 0 rings (SSSR count). The number of rotatable bonds is 1. The van der Waals surface area contributed by atoms with Gasteiger partial charge in [0.2, 0.25) is 3.79 Å². The van der Waals surface area contributed by atoms with Crippen LogP contribution in [0.5, 0.6) is 0 Å². The van der Waals surface area contributed by atoms with E-state index in [1.807, 2.05) is 0 Å². The Labute approximate surface area is 62.5 Å². The van der Waals surface area contributed by atoms with Gasteiger partial charge >= 0.3 is 0 Å². The summed E-state index contributed by atoms with van der Waals surface area (Å²) in [6, 6.07) is -0.799. The highest BCUT2D eigenvalue weighted by Crippen LogP contribution is 2.28. The fraction of sp³-hybridized carbons (Fsp3) is 1.00. The zero-order valence-corrected chi connectivity index (χ0v) is 6.21. The van der Waals surface area contributed by atoms with Crippen molar-refractivity contribution in [3.8, 4) is 0 Å². The molecule has 0 aromatic carbocycles. The molecule has 50 valence electrons. The highest BCUT2D eigenvalue weighted by molar-refractivity contribution is 6.68. The minimum atomic E-state index is -1.55. The Balaban J connectivity index is 3.62. The Morgan fingerprint density at radius 1 is 1.50 bits per heavy atom. The first-order valence-electron chi connectivity index (χ1n) is 1.91. The Morgan fingerprint density at radius 2 is 1.88 bits per heavy atom. The van der Waals surface area contributed by atoms with Crippen LogP contribution in [0.2, 0.25) is 0 Å². The van der Waals surface area contributed by atoms with Crippen LogP contribution < -0.4 is 5.73 Å². The molecule has 0 aliphatic carbocycles. The van der Waals surface area contributed by atoms with E-state index >= 15 is 0 Å². The standard InChI is InChI=1S/C3H6Cl3NO/c4-3(5,6)2(7)1-8/h2,8H,1,7H2. The number of hydrogen-bond donors (Lipinski definition) is 2. The van der Waals surface area contributed by atoms with Crippen LogP contribution in [0.3, 0.4) is 0 Å². The van der Waals surface area contributed by atoms with Crippen molar-refractivity contribution in [1.82, 2.24) is 0 Å². The van der Waals surface area contributed by atoms with E-state index in [1.54, 1.807) is 0 Å². The van der Waals surface area contributed by atoms with Crippen LogP contribution in [0.15, 0.2) is 0 Å². The van der Waals surface area contributed by atoms with Crippen LogP contribution in [0.4, 0.5) is 0 Å². The highest BCUT2D eigenvalue weighted by atomic mass is 35.6. The number of aliphatic hydroxyl groups is 1. The van der Waals surface area contributed by atoms with Crippen molar-refractivity contribution in [2.24, 2.45) is 5.73 Å². The normalized spacial score (nSPS) is 16.1. The Bertz CT molecular complexity index is 71.4. The van der Waals surface area contributed by atoms with Gasteiger partial charge in [-0.05, 0) is 0 Å². The minimum absolute atomic E-state index is 0.323. The summed E-state index contributed by atoms with van der Waals surface area (Å²) in [5.41, 5.74) is 5.10. The second-order valence-electron chi connectivity index (χ2n) is 1.33. The van der Waals surface area contributed by atoms with Crippen molar-refractivity contribution in [2.45, 2.75) is 9.83 Å². The van der Waals surface area contributed by atoms with Gasteiger partial charge in [-0.25, -0.2) is 0 Å². The number of hydrogen-bond acceptors (Lipinski definition) is 2. The van der Waals surface area contributed by atoms with E-state index in [-0.39, 0.29) is 6.61 Å². The molecule has 0 spiro atoms. The lowest BCUT2D eigenvalue weighted by atomic mass is 10.4. The molecule has 1 atom stereocenters. The van der Waals surface area contributed by atoms with Gasteiger partial charge in [0.05, 0.1) is 12.6 Å². The van der Waals surface area contributed by atoms with E-state index in [0.29, 0.717) is 0 Å². The lowest BCUT2D eigenvalue weighted by molar-refractivity contribution is 0.267. The topological polar surface area (TPSA) is 46.2 Å². The fourth-order valence-corrected chi connectivity index (χ4v) is 0.311. The molecule has 0 aromatic rings. The first-order chi connectivity index (χ1) is 3.48. The van der Waals surface area contributed by atoms with Gasteiger partial charge in [-0.1, -0.05) is 34.8 Å². The van der Waals surface area contributed by atoms with Gasteiger partial charge in [0.25, 0.3) is 0 Å². The van der Waals surface area contributed by atoms with E-state index < -0.39 is 9.83 Å². The third-order valence-electron chi connectivity index (χ3n) is 0.617. The molecule has 0 bridgehead atoms. The van der Waals surface area contributed by atoms with Gasteiger partial charge in [-0.3, -0.25) is 0 Å². The first-order valence-corrected chi connectivity index (χ1v) is 3.05. The van der Waals surface area contributed by atoms with Crippen molar-refractivity contribution >= 4 is 34.8 Å². The zero-order chi connectivity index (χ0) is 6.78. The Hall–Kier alpha value is 0.790. The Morgan fingerprint density at radius 3 is 1.88 bits per heavy atom. The van der Waals surface area contributed by atoms with Crippen molar-refractivity contribution in [2.75, 3.05) is 6.61 Å². The van der Waals surface area contributed by atoms with E-state index in [4.69, 9.17) is 45.6 Å². The number of alkyl halides is 3. The highest BCUT2D eigenvalue weighted by Gasteiger charge is 2.27. The maximum absolute atomic E-state index is 8.29. The van der Waals surface area contributed by atoms with Crippen LogP contribution in [0, 0.1) is 0 Å². The molecular formula is C3H6Cl3NO. The quantitative estimate of drug-likeness (QED) is 0.580. The molecule has 0 radical (unpaired) electrons. The van der Waals surface area contributed by atoms with Crippen LogP contribution in [0.25, 0.3) is 0 Å². The van der Waals surface area contributed by atoms with Crippen molar-refractivity contribution in [3.63, 3.8) is 0 Å². The SMILES string of the molecule is NC(CO)C(Cl)(Cl)Cl. The van der Waals surface area contributed by atoms with E-state index in [1.165, 1.54) is 0 Å². The zero-order valence-electron chi connectivity index (χ0n) is 3.94. The van der Waals surface area contributed by atoms with Gasteiger partial charge in [0, 0.05) is 0 Å². The molecular weight excluding hydrogens is 172 g/mol. The van der Waals surface area contributed by atoms with Gasteiger partial charge < -0.3 is 10.8 Å². The van der Waals surface area contributed by atoms with Crippen molar-refractivity contribution in [3.05, 3.63) is 0 Å². The van der Waals surface area contributed by atoms with Crippen molar-refractivity contribution < 1.29 is 5.11 Å². The third-order valence-corrected chi connectivity index (χ3v) is 1.46. The summed E-state index contributed by atoms with van der Waals surface area (Å²) in [7, 11) is 0. The summed E-state index contributed by atoms with van der Waals surface area (Å²) in [5, 5.41) is 8.29. The number of aliphatic hydroxyl groups excluding tert-OH is 1. The largest absolute Gasteiger partial charge is 0.395 e. The molecule has 0 aliphatic heterocycles. The summed E-state index contributed by atoms with van der Waals surface area (Å²) in [5.74, 6) is 0. The van der Waals surface area contributed by atoms with Gasteiger partial charge in [-0.15, -0.1) is 0 Å². The second-order valence-corrected chi connectivity index (χ2v) is 3.70. The maximum Gasteiger partial charge on any atom is 0.207 e. The molecule has 1 unspecified atom stereocenters. The smallest absolute Gasteiger partial charge is 0.207 e. The monoisotopic (exact) mass is 177 g/mol. The first kappa shape index (κ1) is 8.79. The predicted molar refractivity (Wildman–Crippen MR) is 35.4 cm³/mol. The molecule has 0 fully saturated rings. The molecule has 2 nitrogen and oxygen atoms in total. The summed E-state index contributed by atoms with van der Waals surface area (Å²) >= 11 is 15.7. The second kappa shape index (κ2) is 3.08. The molecule has 0 aromatic heterocycles. The van der Waals surface area contributed by atoms with E-state index in [9.17, 15) is 0 Å². The molecule has 5 heteroatoms. The summed E-state index contributed by atoms with van der Waals surface area (Å²) in [6.45, 7) is -0.323. The average molecular weight is 178 g/mol. The van der Waals surface area contributed by atoms with Crippen LogP contribution in [-0.2, 0) is 0 Å². The fourth-order valence-electron chi connectivity index (χ4n) is 0.104. The average Bonchev–Trinajstić information content (AvgIpc) is 1.62. The molecule has 3 N–H and O–H groups in total. The van der Waals surface area contributed by atoms with Gasteiger partial charge in [0.1, 0.15) is 0 Å². The van der Waals surface area contributed by atoms with Crippen LogP contribution in [-0.4, -0.2) is 21.5 Å². The van der Waals surface area contributed by atoms with Crippen LogP contribution in [0.1, 0.15) is 0 Å². The number of nitrogens with two attached hydrogens (primary N) is 1. The lowest BCUT2D eigenvalue weighted by Gasteiger charge is -2.16. The molecule has 0 saturated carbocycles. The maximum atomic E-state index is 8.29. The van der Waals surface area contributed by atoms with Gasteiger partial charge in [-0.2, -0.15) is 0 Å². The molecule has 0 heterocycles. The summed E-state index contributed by atoms with van der Waals surface area (Å²) in [6.07, 6.45) is 0. The molecule has 0 saturated heterocycles. The van der Waals surface area contributed by atoms with Crippen molar-refractivity contribution in [1.29, 1.82) is 0 Å². The predicted octanol–water partition coefficient (Wildman–Crippen LogP) is 0.676. The summed E-state index contributed by atoms with van der Waals surface area (Å²) < 4.78 is -1.55. The molecule has 8 heavy (non-hydrogen) atoms. The van der Waals surface area contributed by atoms with E-state index in [2.05, 4.69) is 0 Å². The van der Waals surface area contributed by atoms with Crippen LogP contribution >= 0.6 is 34.8 Å². The third kappa shape index (κ3) is 2.95. The minimum Gasteiger partial charge on any atom is -0.395 e. The Kier molecular flexibility index (Phi) is 3.39. The van der Waals surface area contributed by atoms with Gasteiger partial charge in [0.15, 0.2) is 0 Å². The summed E-state index contributed by atoms with van der Waals surface area (Å²) in [4.78, 5) is 0. The lowest BCUT2D eigenvalue weighted by Crippen LogP contribution is -2.37.